The predicted octanol–water partition coefficient (Wildman–Crippen LogP) is 4.51. The first-order chi connectivity index (χ1) is 11.0. The average molecular weight is 334 g/mol. The number of halogens is 1. The molecule has 1 amide bonds. The number of nitrogens with zero attached hydrogens (tertiary/aromatic N) is 2. The summed E-state index contributed by atoms with van der Waals surface area (Å²) >= 11 is 6.05. The fourth-order valence-electron chi connectivity index (χ4n) is 2.14. The first kappa shape index (κ1) is 19.1. The normalized spacial score (nSPS) is 11.0. The van der Waals surface area contributed by atoms with Gasteiger partial charge in [-0.15, -0.1) is 0 Å². The summed E-state index contributed by atoms with van der Waals surface area (Å²) < 4.78 is 0. The van der Waals surface area contributed by atoms with Crippen molar-refractivity contribution < 1.29 is 4.79 Å². The van der Waals surface area contributed by atoms with Crippen LogP contribution in [0.4, 0.5) is 5.69 Å². The zero-order valence-electron chi connectivity index (χ0n) is 14.0. The topological polar surface area (TPSA) is 56.1 Å². The molecule has 124 valence electrons. The molecule has 0 spiro atoms. The van der Waals surface area contributed by atoms with Gasteiger partial charge in [0.25, 0.3) is 5.91 Å². The Bertz CT molecular complexity index is 605. The van der Waals surface area contributed by atoms with E-state index in [1.54, 1.807) is 24.4 Å². The lowest BCUT2D eigenvalue weighted by Gasteiger charge is -2.20. The van der Waals surface area contributed by atoms with Gasteiger partial charge in [-0.3, -0.25) is 4.79 Å². The number of rotatable bonds is 8. The molecule has 0 bridgehead atoms. The quantitative estimate of drug-likeness (QED) is 0.562. The fraction of sp³-hybridized carbons (Fsp3) is 0.444. The van der Waals surface area contributed by atoms with Gasteiger partial charge in [0.05, 0.1) is 0 Å². The van der Waals surface area contributed by atoms with E-state index < -0.39 is 5.91 Å². The molecule has 0 saturated heterocycles. The summed E-state index contributed by atoms with van der Waals surface area (Å²) in [6, 6.07) is 7.30. The number of amides is 1. The van der Waals surface area contributed by atoms with Gasteiger partial charge in [-0.25, -0.2) is 0 Å². The first-order valence-electron chi connectivity index (χ1n) is 7.95. The van der Waals surface area contributed by atoms with E-state index in [4.69, 9.17) is 11.6 Å². The highest BCUT2D eigenvalue weighted by Crippen LogP contribution is 2.23. The molecular formula is C18H24ClN3O. The van der Waals surface area contributed by atoms with Gasteiger partial charge in [0, 0.05) is 30.0 Å². The predicted molar refractivity (Wildman–Crippen MR) is 95.3 cm³/mol. The maximum Gasteiger partial charge on any atom is 0.267 e. The molecule has 0 radical (unpaired) electrons. The summed E-state index contributed by atoms with van der Waals surface area (Å²) in [5.74, 6) is -0.407. The van der Waals surface area contributed by atoms with Gasteiger partial charge < -0.3 is 10.2 Å². The molecule has 0 aliphatic carbocycles. The van der Waals surface area contributed by atoms with E-state index in [1.165, 1.54) is 0 Å². The Balaban J connectivity index is 2.90. The Hall–Kier alpha value is -1.99. The molecule has 1 aromatic carbocycles. The summed E-state index contributed by atoms with van der Waals surface area (Å²) in [5.41, 5.74) is 1.52. The van der Waals surface area contributed by atoms with Crippen molar-refractivity contribution in [3.63, 3.8) is 0 Å². The van der Waals surface area contributed by atoms with Crippen LogP contribution in [0.5, 0.6) is 0 Å². The van der Waals surface area contributed by atoms with Crippen LogP contribution in [-0.4, -0.2) is 23.9 Å². The number of nitriles is 1. The second kappa shape index (κ2) is 9.91. The molecular weight excluding hydrogens is 310 g/mol. The first-order valence-corrected chi connectivity index (χ1v) is 8.33. The lowest BCUT2D eigenvalue weighted by molar-refractivity contribution is -0.112. The van der Waals surface area contributed by atoms with Gasteiger partial charge in [-0.2, -0.15) is 5.26 Å². The summed E-state index contributed by atoms with van der Waals surface area (Å²) in [4.78, 5) is 14.4. The molecule has 0 fully saturated rings. The monoisotopic (exact) mass is 333 g/mol. The van der Waals surface area contributed by atoms with Gasteiger partial charge in [0.2, 0.25) is 0 Å². The van der Waals surface area contributed by atoms with Crippen molar-refractivity contribution in [1.29, 1.82) is 5.26 Å². The number of nitrogens with one attached hydrogen (secondary N) is 1. The van der Waals surface area contributed by atoms with Crippen LogP contribution < -0.4 is 5.32 Å². The number of hydrogen-bond acceptors (Lipinski definition) is 3. The van der Waals surface area contributed by atoms with Crippen molar-refractivity contribution >= 4 is 23.2 Å². The van der Waals surface area contributed by atoms with Gasteiger partial charge in [-0.05, 0) is 37.5 Å². The van der Waals surface area contributed by atoms with E-state index in [-0.39, 0.29) is 5.57 Å². The third kappa shape index (κ3) is 5.96. The lowest BCUT2D eigenvalue weighted by atomic mass is 10.2. The Kier molecular flexibility index (Phi) is 8.21. The maximum atomic E-state index is 12.3. The number of unbranched alkanes of at least 4 members (excludes halogenated alkanes) is 1. The molecule has 5 heteroatoms. The summed E-state index contributed by atoms with van der Waals surface area (Å²) in [5, 5.41) is 12.7. The number of carbonyl (C=O) groups is 1. The van der Waals surface area contributed by atoms with Crippen molar-refractivity contribution in [3.05, 3.63) is 40.6 Å². The summed E-state index contributed by atoms with van der Waals surface area (Å²) in [6.45, 7) is 7.70. The van der Waals surface area contributed by atoms with Crippen LogP contribution >= 0.6 is 11.6 Å². The molecule has 23 heavy (non-hydrogen) atoms. The molecule has 4 nitrogen and oxygen atoms in total. The molecule has 0 aromatic heterocycles. The molecule has 0 unspecified atom stereocenters. The maximum absolute atomic E-state index is 12.3. The third-order valence-electron chi connectivity index (χ3n) is 3.50. The molecule has 1 aromatic rings. The number of benzene rings is 1. The van der Waals surface area contributed by atoms with Crippen molar-refractivity contribution in [1.82, 2.24) is 4.90 Å². The molecule has 1 rings (SSSR count). The zero-order chi connectivity index (χ0) is 17.2. The van der Waals surface area contributed by atoms with Crippen LogP contribution in [0.1, 0.15) is 38.7 Å². The lowest BCUT2D eigenvalue weighted by Crippen LogP contribution is -2.23. The second-order valence-electron chi connectivity index (χ2n) is 5.41. The van der Waals surface area contributed by atoms with Crippen LogP contribution in [-0.2, 0) is 4.79 Å². The van der Waals surface area contributed by atoms with Gasteiger partial charge in [0.15, 0.2) is 0 Å². The number of carbonyl (C=O) groups excluding carboxylic acids is 1. The van der Waals surface area contributed by atoms with Crippen LogP contribution in [0.3, 0.4) is 0 Å². The molecule has 0 atom stereocenters. The number of anilines is 1. The Labute approximate surface area is 143 Å². The summed E-state index contributed by atoms with van der Waals surface area (Å²) in [7, 11) is 0. The van der Waals surface area contributed by atoms with Crippen molar-refractivity contribution in [2.45, 2.75) is 40.0 Å². The van der Waals surface area contributed by atoms with Crippen LogP contribution in [0.25, 0.3) is 0 Å². The second-order valence-corrected chi connectivity index (χ2v) is 5.82. The molecule has 0 aliphatic rings. The molecule has 0 aliphatic heterocycles. The molecule has 0 heterocycles. The fourth-order valence-corrected chi connectivity index (χ4v) is 2.32. The Morgan fingerprint density at radius 1 is 1.35 bits per heavy atom. The largest absolute Gasteiger partial charge is 0.376 e. The van der Waals surface area contributed by atoms with Gasteiger partial charge in [0.1, 0.15) is 11.6 Å². The molecule has 0 saturated carbocycles. The number of hydrogen-bond donors (Lipinski definition) is 1. The van der Waals surface area contributed by atoms with Crippen molar-refractivity contribution in [2.24, 2.45) is 0 Å². The van der Waals surface area contributed by atoms with E-state index in [2.05, 4.69) is 19.2 Å². The highest BCUT2D eigenvalue weighted by Gasteiger charge is 2.13. The molecule has 1 N–H and O–H groups in total. The van der Waals surface area contributed by atoms with Crippen LogP contribution in [0.15, 0.2) is 30.0 Å². The van der Waals surface area contributed by atoms with Crippen molar-refractivity contribution in [3.8, 4) is 6.07 Å². The van der Waals surface area contributed by atoms with E-state index in [0.717, 1.165) is 37.9 Å². The van der Waals surface area contributed by atoms with Crippen LogP contribution in [0.2, 0.25) is 5.02 Å². The minimum absolute atomic E-state index is 0.105. The van der Waals surface area contributed by atoms with Gasteiger partial charge in [-0.1, -0.05) is 37.9 Å². The average Bonchev–Trinajstić information content (AvgIpc) is 2.54. The third-order valence-corrected chi connectivity index (χ3v) is 3.91. The Morgan fingerprint density at radius 3 is 2.70 bits per heavy atom. The van der Waals surface area contributed by atoms with Crippen molar-refractivity contribution in [2.75, 3.05) is 18.4 Å². The summed E-state index contributed by atoms with van der Waals surface area (Å²) in [6.07, 6.45) is 4.73. The minimum atomic E-state index is -0.407. The van der Waals surface area contributed by atoms with E-state index >= 15 is 0 Å². The zero-order valence-corrected chi connectivity index (χ0v) is 14.8. The highest BCUT2D eigenvalue weighted by atomic mass is 35.5. The van der Waals surface area contributed by atoms with Gasteiger partial charge >= 0.3 is 0 Å². The van der Waals surface area contributed by atoms with E-state index in [0.29, 0.717) is 10.7 Å². The Morgan fingerprint density at radius 2 is 2.09 bits per heavy atom. The smallest absolute Gasteiger partial charge is 0.267 e. The van der Waals surface area contributed by atoms with E-state index in [1.807, 2.05) is 17.9 Å². The minimum Gasteiger partial charge on any atom is -0.376 e. The standard InChI is InChI=1S/C18H24ClN3O/c1-4-6-11-22(10-5-2)13-15(12-20)18(23)21-17-9-7-8-16(19)14(17)3/h7-9,13H,4-6,10-11H2,1-3H3,(H,21,23)/b15-13-. The van der Waals surface area contributed by atoms with E-state index in [9.17, 15) is 10.1 Å². The van der Waals surface area contributed by atoms with Crippen LogP contribution in [0, 0.1) is 18.3 Å². The highest BCUT2D eigenvalue weighted by molar-refractivity contribution is 6.31. The SMILES string of the molecule is CCCCN(/C=C(/C#N)C(=O)Nc1cccc(Cl)c1C)CCC.